The molecular weight excluding hydrogens is 338 g/mol. The molecule has 0 saturated carbocycles. The summed E-state index contributed by atoms with van der Waals surface area (Å²) < 4.78 is 28.2. The molecule has 6 nitrogen and oxygen atoms in total. The zero-order chi connectivity index (χ0) is 18.0. The van der Waals surface area contributed by atoms with Gasteiger partial charge >= 0.3 is 10.2 Å². The van der Waals surface area contributed by atoms with Crippen LogP contribution in [0.15, 0.2) is 54.6 Å². The van der Waals surface area contributed by atoms with Crippen LogP contribution in [-0.2, 0) is 16.8 Å². The van der Waals surface area contributed by atoms with Crippen molar-refractivity contribution in [2.75, 3.05) is 7.05 Å². The summed E-state index contributed by atoms with van der Waals surface area (Å²) in [4.78, 5) is 15.7. The van der Waals surface area contributed by atoms with Crippen molar-refractivity contribution in [2.24, 2.45) is 0 Å². The molecule has 0 radical (unpaired) electrons. The van der Waals surface area contributed by atoms with Gasteiger partial charge in [0.25, 0.3) is 5.91 Å². The number of para-hydroxylation sites is 1. The highest BCUT2D eigenvalue weighted by atomic mass is 32.2. The Morgan fingerprint density at radius 1 is 1.08 bits per heavy atom. The van der Waals surface area contributed by atoms with Crippen molar-refractivity contribution in [1.29, 1.82) is 0 Å². The third kappa shape index (κ3) is 3.57. The van der Waals surface area contributed by atoms with E-state index in [1.54, 1.807) is 13.0 Å². The van der Waals surface area contributed by atoms with Gasteiger partial charge in [0.2, 0.25) is 0 Å². The molecule has 3 aromatic rings. The highest BCUT2D eigenvalue weighted by Crippen LogP contribution is 2.22. The summed E-state index contributed by atoms with van der Waals surface area (Å²) in [6.07, 6.45) is 0. The molecule has 7 heteroatoms. The molecule has 0 aliphatic heterocycles. The molecule has 0 fully saturated rings. The lowest BCUT2D eigenvalue weighted by Gasteiger charge is -2.17. The first-order chi connectivity index (χ1) is 11.9. The van der Waals surface area contributed by atoms with Crippen molar-refractivity contribution in [2.45, 2.75) is 13.5 Å². The second-order valence-electron chi connectivity index (χ2n) is 5.85. The molecule has 0 bridgehead atoms. The lowest BCUT2D eigenvalue weighted by atomic mass is 10.1. The van der Waals surface area contributed by atoms with Gasteiger partial charge in [-0.25, -0.2) is 4.72 Å². The molecular formula is C18H19N3O3S. The van der Waals surface area contributed by atoms with Gasteiger partial charge in [-0.2, -0.15) is 12.7 Å². The molecule has 0 spiro atoms. The summed E-state index contributed by atoms with van der Waals surface area (Å²) in [5, 5.41) is 0.693. The Morgan fingerprint density at radius 2 is 1.72 bits per heavy atom. The van der Waals surface area contributed by atoms with Gasteiger partial charge in [-0.3, -0.25) is 4.79 Å². The first-order valence-electron chi connectivity index (χ1n) is 7.78. The number of nitrogens with one attached hydrogen (secondary N) is 2. The molecule has 2 N–H and O–H groups in total. The van der Waals surface area contributed by atoms with E-state index in [1.807, 2.05) is 48.5 Å². The summed E-state index contributed by atoms with van der Waals surface area (Å²) in [7, 11) is -2.51. The van der Waals surface area contributed by atoms with E-state index >= 15 is 0 Å². The zero-order valence-corrected chi connectivity index (χ0v) is 14.8. The Kier molecular flexibility index (Phi) is 4.61. The Bertz CT molecular complexity index is 1010. The number of hydrogen-bond donors (Lipinski definition) is 2. The minimum Gasteiger partial charge on any atom is -0.358 e. The number of fused-ring (bicyclic) bond motifs is 1. The number of H-pyrrole nitrogens is 1. The normalized spacial score (nSPS) is 11.8. The largest absolute Gasteiger partial charge is 0.358 e. The highest BCUT2D eigenvalue weighted by Gasteiger charge is 2.24. The molecule has 0 aliphatic rings. The van der Waals surface area contributed by atoms with Crippen LogP contribution in [0.25, 0.3) is 10.9 Å². The Labute approximate surface area is 146 Å². The summed E-state index contributed by atoms with van der Waals surface area (Å²) in [6.45, 7) is 1.92. The number of benzene rings is 2. The van der Waals surface area contributed by atoms with Crippen LogP contribution in [0, 0.1) is 6.92 Å². The summed E-state index contributed by atoms with van der Waals surface area (Å²) in [6, 6.07) is 16.5. The Hall–Kier alpha value is -2.64. The van der Waals surface area contributed by atoms with E-state index in [1.165, 1.54) is 7.05 Å². The molecule has 0 aliphatic carbocycles. The standard InChI is InChI=1S/C18H19N3O3S/c1-13-17(15-10-6-7-11-16(15)19-13)18(22)20-25(23,24)21(2)12-14-8-4-3-5-9-14/h3-11,19H,12H2,1-2H3,(H,20,22). The van der Waals surface area contributed by atoms with E-state index in [9.17, 15) is 13.2 Å². The van der Waals surface area contributed by atoms with Crippen molar-refractivity contribution in [3.05, 3.63) is 71.4 Å². The number of aromatic amines is 1. The average Bonchev–Trinajstić information content (AvgIpc) is 2.91. The van der Waals surface area contributed by atoms with E-state index in [-0.39, 0.29) is 6.54 Å². The quantitative estimate of drug-likeness (QED) is 0.736. The van der Waals surface area contributed by atoms with Crippen LogP contribution < -0.4 is 4.72 Å². The minimum atomic E-state index is -3.95. The van der Waals surface area contributed by atoms with Crippen LogP contribution in [0.5, 0.6) is 0 Å². The summed E-state index contributed by atoms with van der Waals surface area (Å²) in [5.41, 5.74) is 2.60. The Balaban J connectivity index is 1.82. The molecule has 25 heavy (non-hydrogen) atoms. The maximum atomic E-state index is 12.6. The van der Waals surface area contributed by atoms with Crippen molar-refractivity contribution in [3.63, 3.8) is 0 Å². The Morgan fingerprint density at radius 3 is 2.44 bits per heavy atom. The smallest absolute Gasteiger partial charge is 0.304 e. The number of carbonyl (C=O) groups excluding carboxylic acids is 1. The van der Waals surface area contributed by atoms with Crippen molar-refractivity contribution in [1.82, 2.24) is 14.0 Å². The average molecular weight is 357 g/mol. The number of amides is 1. The van der Waals surface area contributed by atoms with Gasteiger partial charge in [0.1, 0.15) is 0 Å². The zero-order valence-electron chi connectivity index (χ0n) is 14.0. The predicted octanol–water partition coefficient (Wildman–Crippen LogP) is 2.58. The van der Waals surface area contributed by atoms with Crippen LogP contribution in [0.1, 0.15) is 21.6 Å². The monoisotopic (exact) mass is 357 g/mol. The fourth-order valence-electron chi connectivity index (χ4n) is 2.74. The van der Waals surface area contributed by atoms with Crippen molar-refractivity contribution < 1.29 is 13.2 Å². The van der Waals surface area contributed by atoms with Crippen LogP contribution in [0.4, 0.5) is 0 Å². The first-order valence-corrected chi connectivity index (χ1v) is 9.22. The molecule has 3 rings (SSSR count). The highest BCUT2D eigenvalue weighted by molar-refractivity contribution is 7.87. The molecule has 0 unspecified atom stereocenters. The molecule has 0 saturated heterocycles. The van der Waals surface area contributed by atoms with E-state index < -0.39 is 16.1 Å². The number of hydrogen-bond acceptors (Lipinski definition) is 3. The third-order valence-electron chi connectivity index (χ3n) is 4.00. The second-order valence-corrected chi connectivity index (χ2v) is 7.63. The predicted molar refractivity (Wildman–Crippen MR) is 97.3 cm³/mol. The van der Waals surface area contributed by atoms with E-state index in [0.717, 1.165) is 15.4 Å². The number of nitrogens with zero attached hydrogens (tertiary/aromatic N) is 1. The van der Waals surface area contributed by atoms with Gasteiger partial charge < -0.3 is 4.98 Å². The third-order valence-corrected chi connectivity index (χ3v) is 5.39. The van der Waals surface area contributed by atoms with Gasteiger partial charge in [-0.15, -0.1) is 0 Å². The van der Waals surface area contributed by atoms with Gasteiger partial charge in [0, 0.05) is 30.2 Å². The fourth-order valence-corrected chi connectivity index (χ4v) is 3.55. The van der Waals surface area contributed by atoms with E-state index in [4.69, 9.17) is 0 Å². The SMILES string of the molecule is Cc1[nH]c2ccccc2c1C(=O)NS(=O)(=O)N(C)Cc1ccccc1. The molecule has 0 atom stereocenters. The number of rotatable bonds is 5. The lowest BCUT2D eigenvalue weighted by Crippen LogP contribution is -2.41. The van der Waals surface area contributed by atoms with E-state index in [0.29, 0.717) is 16.6 Å². The van der Waals surface area contributed by atoms with Crippen LogP contribution in [-0.4, -0.2) is 30.7 Å². The van der Waals surface area contributed by atoms with Crippen LogP contribution >= 0.6 is 0 Å². The fraction of sp³-hybridized carbons (Fsp3) is 0.167. The van der Waals surface area contributed by atoms with E-state index in [2.05, 4.69) is 9.71 Å². The van der Waals surface area contributed by atoms with Gasteiger partial charge in [-0.05, 0) is 18.6 Å². The number of aromatic nitrogens is 1. The molecule has 2 aromatic carbocycles. The second kappa shape index (κ2) is 6.70. The van der Waals surface area contributed by atoms with Crippen LogP contribution in [0.3, 0.4) is 0 Å². The number of aryl methyl sites for hydroxylation is 1. The van der Waals surface area contributed by atoms with Gasteiger partial charge in [0.05, 0.1) is 5.56 Å². The van der Waals surface area contributed by atoms with Gasteiger partial charge in [-0.1, -0.05) is 48.5 Å². The maximum absolute atomic E-state index is 12.6. The maximum Gasteiger partial charge on any atom is 0.304 e. The molecule has 1 amide bonds. The molecule has 130 valence electrons. The number of carbonyl (C=O) groups is 1. The molecule has 1 heterocycles. The molecule has 1 aromatic heterocycles. The topological polar surface area (TPSA) is 82.3 Å². The van der Waals surface area contributed by atoms with Crippen LogP contribution in [0.2, 0.25) is 0 Å². The first kappa shape index (κ1) is 17.2. The summed E-state index contributed by atoms with van der Waals surface area (Å²) in [5.74, 6) is -0.644. The van der Waals surface area contributed by atoms with Crippen molar-refractivity contribution >= 4 is 27.0 Å². The lowest BCUT2D eigenvalue weighted by molar-refractivity contribution is 0.0980. The van der Waals surface area contributed by atoms with Gasteiger partial charge in [0.15, 0.2) is 0 Å². The summed E-state index contributed by atoms with van der Waals surface area (Å²) >= 11 is 0. The van der Waals surface area contributed by atoms with Crippen molar-refractivity contribution in [3.8, 4) is 0 Å². The minimum absolute atomic E-state index is 0.177.